The highest BCUT2D eigenvalue weighted by atomic mass is 35.5. The van der Waals surface area contributed by atoms with Crippen molar-refractivity contribution >= 4 is 63.9 Å². The fourth-order valence-electron chi connectivity index (χ4n) is 2.76. The maximum Gasteiger partial charge on any atom is 0.293 e. The molecule has 1 saturated heterocycles. The van der Waals surface area contributed by atoms with Gasteiger partial charge in [0, 0.05) is 30.9 Å². The Kier molecular flexibility index (Phi) is 7.89. The average Bonchev–Trinajstić information content (AvgIpc) is 3.02. The normalized spacial score (nSPS) is 14.8. The van der Waals surface area contributed by atoms with Gasteiger partial charge in [-0.05, 0) is 47.4 Å². The van der Waals surface area contributed by atoms with E-state index in [4.69, 9.17) is 11.6 Å². The Morgan fingerprint density at radius 1 is 1.34 bits per heavy atom. The quantitative estimate of drug-likeness (QED) is 0.251. The summed E-state index contributed by atoms with van der Waals surface area (Å²) >= 11 is 8.04. The Labute approximate surface area is 196 Å². The van der Waals surface area contributed by atoms with Crippen LogP contribution in [0.5, 0.6) is 0 Å². The van der Waals surface area contributed by atoms with Crippen molar-refractivity contribution in [3.63, 3.8) is 0 Å². The number of rotatable bonds is 8. The number of nitro benzene ring substituents is 1. The number of amides is 3. The fourth-order valence-corrected chi connectivity index (χ4v) is 4.46. The van der Waals surface area contributed by atoms with Gasteiger partial charge < -0.3 is 5.32 Å². The first kappa shape index (κ1) is 23.8. The minimum Gasteiger partial charge on any atom is -0.350 e. The number of nitrogens with one attached hydrogen (secondary N) is 1. The van der Waals surface area contributed by atoms with E-state index in [1.807, 2.05) is 6.92 Å². The molecule has 2 aromatic rings. The zero-order valence-corrected chi connectivity index (χ0v) is 19.1. The molecular formula is C20H17ClN4O5S2. The van der Waals surface area contributed by atoms with Crippen LogP contribution in [0.25, 0.3) is 6.08 Å². The van der Waals surface area contributed by atoms with E-state index in [1.54, 1.807) is 18.3 Å². The van der Waals surface area contributed by atoms with Gasteiger partial charge in [-0.2, -0.15) is 0 Å². The molecule has 3 rings (SSSR count). The largest absolute Gasteiger partial charge is 0.350 e. The molecule has 0 unspecified atom stereocenters. The first-order chi connectivity index (χ1) is 15.3. The van der Waals surface area contributed by atoms with E-state index in [1.165, 1.54) is 36.0 Å². The number of benzene rings is 1. The van der Waals surface area contributed by atoms with Gasteiger partial charge in [0.1, 0.15) is 5.02 Å². The van der Waals surface area contributed by atoms with Gasteiger partial charge >= 0.3 is 0 Å². The van der Waals surface area contributed by atoms with E-state index in [0.29, 0.717) is 11.1 Å². The Hall–Kier alpha value is -2.89. The number of hydrogen-bond acceptors (Lipinski definition) is 8. The van der Waals surface area contributed by atoms with Crippen LogP contribution in [-0.2, 0) is 4.79 Å². The lowest BCUT2D eigenvalue weighted by Crippen LogP contribution is -2.37. The van der Waals surface area contributed by atoms with Gasteiger partial charge in [0.2, 0.25) is 0 Å². The zero-order valence-electron chi connectivity index (χ0n) is 16.7. The minimum atomic E-state index is -0.624. The summed E-state index contributed by atoms with van der Waals surface area (Å²) in [5.74, 6) is -0.0348. The fraction of sp³-hybridized carbons (Fsp3) is 0.200. The van der Waals surface area contributed by atoms with E-state index in [2.05, 4.69) is 10.3 Å². The molecule has 1 fully saturated rings. The number of imide groups is 1. The SMILES string of the molecule is CCSc1cc(C(=O)NCCN2C(=O)SC(=Cc3ccc(Cl)c([N+](=O)[O-])c3)C2=O)ccn1. The molecule has 0 saturated carbocycles. The Morgan fingerprint density at radius 2 is 2.12 bits per heavy atom. The van der Waals surface area contributed by atoms with E-state index < -0.39 is 16.1 Å². The van der Waals surface area contributed by atoms with Crippen molar-refractivity contribution in [2.45, 2.75) is 11.9 Å². The van der Waals surface area contributed by atoms with Crippen molar-refractivity contribution in [2.24, 2.45) is 0 Å². The first-order valence-electron chi connectivity index (χ1n) is 9.36. The van der Waals surface area contributed by atoms with Crippen molar-refractivity contribution < 1.29 is 19.3 Å². The Balaban J connectivity index is 1.62. The molecule has 1 aromatic heterocycles. The molecular weight excluding hydrogens is 476 g/mol. The van der Waals surface area contributed by atoms with Gasteiger partial charge in [-0.1, -0.05) is 24.6 Å². The molecule has 12 heteroatoms. The molecule has 9 nitrogen and oxygen atoms in total. The van der Waals surface area contributed by atoms with Crippen LogP contribution in [0, 0.1) is 10.1 Å². The summed E-state index contributed by atoms with van der Waals surface area (Å²) in [5.41, 5.74) is 0.520. The molecule has 1 aromatic carbocycles. The monoisotopic (exact) mass is 492 g/mol. The van der Waals surface area contributed by atoms with Gasteiger partial charge in [-0.3, -0.25) is 29.4 Å². The van der Waals surface area contributed by atoms with Crippen LogP contribution in [0.15, 0.2) is 46.5 Å². The summed E-state index contributed by atoms with van der Waals surface area (Å²) in [5, 5.41) is 14.0. The van der Waals surface area contributed by atoms with Gasteiger partial charge in [-0.25, -0.2) is 4.98 Å². The van der Waals surface area contributed by atoms with Crippen molar-refractivity contribution in [3.05, 3.63) is 67.7 Å². The third-order valence-corrected chi connectivity index (χ3v) is 6.28. The van der Waals surface area contributed by atoms with E-state index in [9.17, 15) is 24.5 Å². The molecule has 0 atom stereocenters. The molecule has 1 N–H and O–H groups in total. The maximum absolute atomic E-state index is 12.6. The van der Waals surface area contributed by atoms with Crippen LogP contribution < -0.4 is 5.32 Å². The predicted octanol–water partition coefficient (Wildman–Crippen LogP) is 4.22. The second-order valence-corrected chi connectivity index (χ2v) is 9.06. The van der Waals surface area contributed by atoms with Crippen LogP contribution >= 0.6 is 35.1 Å². The number of carbonyl (C=O) groups excluding carboxylic acids is 3. The second kappa shape index (κ2) is 10.6. The summed E-state index contributed by atoms with van der Waals surface area (Å²) in [4.78, 5) is 52.9. The van der Waals surface area contributed by atoms with Crippen LogP contribution in [0.1, 0.15) is 22.8 Å². The second-order valence-electron chi connectivity index (χ2n) is 6.37. The summed E-state index contributed by atoms with van der Waals surface area (Å²) in [7, 11) is 0. The van der Waals surface area contributed by atoms with Crippen LogP contribution in [0.4, 0.5) is 10.5 Å². The molecule has 3 amide bonds. The van der Waals surface area contributed by atoms with E-state index in [0.717, 1.165) is 27.4 Å². The highest BCUT2D eigenvalue weighted by Crippen LogP contribution is 2.33. The third kappa shape index (κ3) is 5.67. The standard InChI is InChI=1S/C20H17ClN4O5S2/c1-2-31-17-11-13(5-6-22-17)18(26)23-7-8-24-19(27)16(32-20(24)28)10-12-3-4-14(21)15(9-12)25(29)30/h3-6,9-11H,2,7-8H2,1H3,(H,23,26). The number of hydrogen-bond donors (Lipinski definition) is 1. The van der Waals surface area contributed by atoms with Gasteiger partial charge in [0.25, 0.3) is 22.7 Å². The maximum atomic E-state index is 12.6. The van der Waals surface area contributed by atoms with Crippen LogP contribution in [0.2, 0.25) is 5.02 Å². The van der Waals surface area contributed by atoms with Crippen molar-refractivity contribution in [2.75, 3.05) is 18.8 Å². The number of nitro groups is 1. The molecule has 0 spiro atoms. The highest BCUT2D eigenvalue weighted by Gasteiger charge is 2.34. The Morgan fingerprint density at radius 3 is 2.84 bits per heavy atom. The van der Waals surface area contributed by atoms with E-state index in [-0.39, 0.29) is 34.6 Å². The van der Waals surface area contributed by atoms with Gasteiger partial charge in [0.05, 0.1) is 14.9 Å². The summed E-state index contributed by atoms with van der Waals surface area (Å²) in [6, 6.07) is 7.37. The summed E-state index contributed by atoms with van der Waals surface area (Å²) in [6.07, 6.45) is 2.95. The van der Waals surface area contributed by atoms with Crippen molar-refractivity contribution in [3.8, 4) is 0 Å². The van der Waals surface area contributed by atoms with E-state index >= 15 is 0 Å². The lowest BCUT2D eigenvalue weighted by atomic mass is 10.2. The van der Waals surface area contributed by atoms with Crippen LogP contribution in [-0.4, -0.2) is 50.7 Å². The molecule has 1 aliphatic heterocycles. The molecule has 166 valence electrons. The number of carbonyl (C=O) groups is 3. The van der Waals surface area contributed by atoms with Crippen molar-refractivity contribution in [1.29, 1.82) is 0 Å². The third-order valence-electron chi connectivity index (χ3n) is 4.25. The molecule has 1 aliphatic rings. The number of pyridine rings is 1. The zero-order chi connectivity index (χ0) is 23.3. The smallest absolute Gasteiger partial charge is 0.293 e. The number of aromatic nitrogens is 1. The lowest BCUT2D eigenvalue weighted by molar-refractivity contribution is -0.384. The first-order valence-corrected chi connectivity index (χ1v) is 11.5. The molecule has 2 heterocycles. The summed E-state index contributed by atoms with van der Waals surface area (Å²) in [6.45, 7) is 2.06. The van der Waals surface area contributed by atoms with Crippen LogP contribution in [0.3, 0.4) is 0 Å². The summed E-state index contributed by atoms with van der Waals surface area (Å²) < 4.78 is 0. The minimum absolute atomic E-state index is 0.00381. The van der Waals surface area contributed by atoms with Gasteiger partial charge in [-0.15, -0.1) is 11.8 Å². The number of halogens is 1. The number of nitrogens with zero attached hydrogens (tertiary/aromatic N) is 3. The highest BCUT2D eigenvalue weighted by molar-refractivity contribution is 8.18. The molecule has 32 heavy (non-hydrogen) atoms. The average molecular weight is 493 g/mol. The Bertz CT molecular complexity index is 1120. The van der Waals surface area contributed by atoms with Gasteiger partial charge in [0.15, 0.2) is 0 Å². The number of thioether (sulfide) groups is 2. The molecule has 0 bridgehead atoms. The topological polar surface area (TPSA) is 123 Å². The molecule has 0 radical (unpaired) electrons. The lowest BCUT2D eigenvalue weighted by Gasteiger charge is -2.13. The molecule has 0 aliphatic carbocycles. The predicted molar refractivity (Wildman–Crippen MR) is 124 cm³/mol. The van der Waals surface area contributed by atoms with Crippen molar-refractivity contribution in [1.82, 2.24) is 15.2 Å².